The highest BCUT2D eigenvalue weighted by molar-refractivity contribution is 5.85. The van der Waals surface area contributed by atoms with Crippen molar-refractivity contribution in [3.05, 3.63) is 84.6 Å². The lowest BCUT2D eigenvalue weighted by Crippen LogP contribution is -2.28. The highest BCUT2D eigenvalue weighted by atomic mass is 15.3. The molecule has 35 heavy (non-hydrogen) atoms. The van der Waals surface area contributed by atoms with Gasteiger partial charge in [0.15, 0.2) is 0 Å². The van der Waals surface area contributed by atoms with Gasteiger partial charge in [-0.2, -0.15) is 5.10 Å². The molecule has 0 aliphatic carbocycles. The third kappa shape index (κ3) is 3.30. The minimum absolute atomic E-state index is 0.801. The Balaban J connectivity index is 1.41. The van der Waals surface area contributed by atoms with Crippen molar-refractivity contribution in [1.29, 1.82) is 0 Å². The number of fused-ring (bicyclic) bond motifs is 3. The third-order valence-corrected chi connectivity index (χ3v) is 6.49. The maximum Gasteiger partial charge on any atom is 0.138 e. The lowest BCUT2D eigenvalue weighted by molar-refractivity contribution is 0.476. The molecule has 0 bridgehead atoms. The first-order chi connectivity index (χ1) is 17.2. The van der Waals surface area contributed by atoms with E-state index >= 15 is 0 Å². The van der Waals surface area contributed by atoms with Gasteiger partial charge in [0.05, 0.1) is 40.9 Å². The Morgan fingerprint density at radius 1 is 0.886 bits per heavy atom. The number of nitrogens with zero attached hydrogens (tertiary/aromatic N) is 7. The summed E-state index contributed by atoms with van der Waals surface area (Å²) in [6.07, 6.45) is 5.86. The van der Waals surface area contributed by atoms with Crippen LogP contribution in [-0.4, -0.2) is 40.7 Å². The number of rotatable bonds is 3. The minimum Gasteiger partial charge on any atom is -0.309 e. The van der Waals surface area contributed by atoms with Crippen molar-refractivity contribution in [3.8, 4) is 33.9 Å². The van der Waals surface area contributed by atoms with E-state index in [-0.39, 0.29) is 0 Å². The van der Waals surface area contributed by atoms with Crippen LogP contribution in [-0.2, 0) is 13.1 Å². The van der Waals surface area contributed by atoms with Crippen molar-refractivity contribution >= 4 is 16.7 Å². The van der Waals surface area contributed by atoms with Gasteiger partial charge in [-0.15, -0.1) is 0 Å². The number of imidazole rings is 1. The van der Waals surface area contributed by atoms with Crippen molar-refractivity contribution in [2.45, 2.75) is 20.0 Å². The van der Waals surface area contributed by atoms with Gasteiger partial charge in [0.2, 0.25) is 0 Å². The van der Waals surface area contributed by atoms with Crippen LogP contribution in [0.1, 0.15) is 11.4 Å². The third-order valence-electron chi connectivity index (χ3n) is 6.49. The quantitative estimate of drug-likeness (QED) is 0.426. The van der Waals surface area contributed by atoms with Crippen LogP contribution in [0.3, 0.4) is 0 Å². The molecule has 6 aromatic rings. The van der Waals surface area contributed by atoms with Crippen LogP contribution in [0.15, 0.2) is 73.2 Å². The molecule has 0 fully saturated rings. The number of pyridine rings is 4. The Morgan fingerprint density at radius 2 is 1.86 bits per heavy atom. The first-order valence-corrected chi connectivity index (χ1v) is 11.7. The molecular weight excluding hydrogens is 436 g/mol. The second kappa shape index (κ2) is 7.82. The van der Waals surface area contributed by atoms with E-state index in [2.05, 4.69) is 25.6 Å². The van der Waals surface area contributed by atoms with Gasteiger partial charge in [-0.05, 0) is 49.4 Å². The summed E-state index contributed by atoms with van der Waals surface area (Å²) in [7, 11) is 0. The zero-order valence-electron chi connectivity index (χ0n) is 19.2. The molecule has 7 rings (SSSR count). The van der Waals surface area contributed by atoms with Gasteiger partial charge in [0, 0.05) is 42.3 Å². The summed E-state index contributed by atoms with van der Waals surface area (Å²) < 4.78 is 4.14. The predicted octanol–water partition coefficient (Wildman–Crippen LogP) is 4.28. The second-order valence-electron chi connectivity index (χ2n) is 8.77. The fraction of sp³-hybridized carbons (Fsp3) is 0.148. The Bertz CT molecular complexity index is 1730. The van der Waals surface area contributed by atoms with Crippen LogP contribution in [0.5, 0.6) is 0 Å². The van der Waals surface area contributed by atoms with E-state index < -0.39 is 0 Å². The predicted molar refractivity (Wildman–Crippen MR) is 135 cm³/mol. The van der Waals surface area contributed by atoms with Crippen LogP contribution >= 0.6 is 0 Å². The molecule has 8 nitrogen and oxygen atoms in total. The van der Waals surface area contributed by atoms with E-state index in [1.165, 1.54) is 5.69 Å². The number of hydrogen-bond donors (Lipinski definition) is 1. The van der Waals surface area contributed by atoms with Gasteiger partial charge >= 0.3 is 0 Å². The van der Waals surface area contributed by atoms with Crippen LogP contribution in [0.4, 0.5) is 0 Å². The molecule has 7 heterocycles. The standard InChI is InChI=1S/C27H22N8/c1-17-5-4-6-21(31-17)26-27(34-11-3-2-7-25(34)33-26)22-9-8-20-23(32-22)13-18(14-29-20)19-15-30-35-12-10-28-16-24(19)35/h2-9,11,13-15,28H,10,12,16H2,1H3. The topological polar surface area (TPSA) is 85.8 Å². The molecule has 1 aliphatic heterocycles. The molecule has 1 aliphatic rings. The highest BCUT2D eigenvalue weighted by Crippen LogP contribution is 2.33. The molecule has 0 saturated heterocycles. The molecule has 0 saturated carbocycles. The van der Waals surface area contributed by atoms with Gasteiger partial charge < -0.3 is 5.32 Å². The Labute approximate surface area is 201 Å². The Hall–Kier alpha value is -4.43. The van der Waals surface area contributed by atoms with Gasteiger partial charge in [-0.1, -0.05) is 12.1 Å². The number of hydrogen-bond acceptors (Lipinski definition) is 6. The summed E-state index contributed by atoms with van der Waals surface area (Å²) in [6.45, 7) is 4.61. The first kappa shape index (κ1) is 20.0. The smallest absolute Gasteiger partial charge is 0.138 e. The molecule has 170 valence electrons. The average molecular weight is 459 g/mol. The van der Waals surface area contributed by atoms with Crippen LogP contribution in [0.25, 0.3) is 50.6 Å². The van der Waals surface area contributed by atoms with E-state index in [4.69, 9.17) is 19.9 Å². The molecule has 0 atom stereocenters. The zero-order chi connectivity index (χ0) is 23.4. The molecule has 0 spiro atoms. The maximum absolute atomic E-state index is 5.07. The number of aryl methyl sites for hydroxylation is 1. The molecule has 0 radical (unpaired) electrons. The molecule has 8 heteroatoms. The fourth-order valence-electron chi connectivity index (χ4n) is 4.80. The summed E-state index contributed by atoms with van der Waals surface area (Å²) in [5.41, 5.74) is 10.2. The molecule has 0 amide bonds. The Kier molecular flexibility index (Phi) is 4.46. The molecule has 0 aromatic carbocycles. The SMILES string of the molecule is Cc1cccc(-c2nc3ccccn3c2-c2ccc3ncc(-c4cnn5c4CNCC5)cc3n2)n1. The van der Waals surface area contributed by atoms with Crippen LogP contribution in [0.2, 0.25) is 0 Å². The number of nitrogens with one attached hydrogen (secondary N) is 1. The van der Waals surface area contributed by atoms with Gasteiger partial charge in [0.1, 0.15) is 17.0 Å². The van der Waals surface area contributed by atoms with Gasteiger partial charge in [0.25, 0.3) is 0 Å². The summed E-state index contributed by atoms with van der Waals surface area (Å²) >= 11 is 0. The second-order valence-corrected chi connectivity index (χ2v) is 8.77. The lowest BCUT2D eigenvalue weighted by atomic mass is 10.1. The average Bonchev–Trinajstić information content (AvgIpc) is 3.50. The van der Waals surface area contributed by atoms with Crippen LogP contribution in [0, 0.1) is 6.92 Å². The van der Waals surface area contributed by atoms with Crippen molar-refractivity contribution < 1.29 is 0 Å². The van der Waals surface area contributed by atoms with Gasteiger partial charge in [-0.25, -0.2) is 9.97 Å². The highest BCUT2D eigenvalue weighted by Gasteiger charge is 2.20. The fourth-order valence-corrected chi connectivity index (χ4v) is 4.80. The van der Waals surface area contributed by atoms with E-state index in [1.54, 1.807) is 0 Å². The van der Waals surface area contributed by atoms with E-state index in [1.807, 2.05) is 74.0 Å². The zero-order valence-corrected chi connectivity index (χ0v) is 19.2. The van der Waals surface area contributed by atoms with Crippen molar-refractivity contribution in [3.63, 3.8) is 0 Å². The van der Waals surface area contributed by atoms with Gasteiger partial charge in [-0.3, -0.25) is 19.1 Å². The summed E-state index contributed by atoms with van der Waals surface area (Å²) in [5.74, 6) is 0. The van der Waals surface area contributed by atoms with Crippen molar-refractivity contribution in [1.82, 2.24) is 39.4 Å². The van der Waals surface area contributed by atoms with E-state index in [0.717, 1.165) is 75.9 Å². The maximum atomic E-state index is 5.07. The largest absolute Gasteiger partial charge is 0.309 e. The summed E-state index contributed by atoms with van der Waals surface area (Å²) in [4.78, 5) is 19.4. The monoisotopic (exact) mass is 458 g/mol. The first-order valence-electron chi connectivity index (χ1n) is 11.7. The molecule has 1 N–H and O–H groups in total. The summed E-state index contributed by atoms with van der Waals surface area (Å²) in [6, 6.07) is 18.1. The normalized spacial score (nSPS) is 13.4. The lowest BCUT2D eigenvalue weighted by Gasteiger charge is -2.16. The molecule has 6 aromatic heterocycles. The molecule has 0 unspecified atom stereocenters. The van der Waals surface area contributed by atoms with Crippen molar-refractivity contribution in [2.75, 3.05) is 6.54 Å². The Morgan fingerprint density at radius 3 is 2.80 bits per heavy atom. The molecular formula is C27H22N8. The van der Waals surface area contributed by atoms with E-state index in [0.29, 0.717) is 0 Å². The minimum atomic E-state index is 0.801. The van der Waals surface area contributed by atoms with Crippen LogP contribution < -0.4 is 5.32 Å². The van der Waals surface area contributed by atoms with E-state index in [9.17, 15) is 0 Å². The van der Waals surface area contributed by atoms with Crippen molar-refractivity contribution in [2.24, 2.45) is 0 Å². The number of aromatic nitrogens is 7. The summed E-state index contributed by atoms with van der Waals surface area (Å²) in [5, 5.41) is 8.00.